The summed E-state index contributed by atoms with van der Waals surface area (Å²) in [4.78, 5) is 54.4. The zero-order valence-corrected chi connectivity index (χ0v) is 18.1. The van der Waals surface area contributed by atoms with Gasteiger partial charge in [-0.1, -0.05) is 11.4 Å². The first-order valence-corrected chi connectivity index (χ1v) is 10.3. The zero-order chi connectivity index (χ0) is 18.8. The fourth-order valence-electron chi connectivity index (χ4n) is 1.50. The Kier molecular flexibility index (Phi) is 15.2. The van der Waals surface area contributed by atoms with E-state index in [0.717, 1.165) is 0 Å². The van der Waals surface area contributed by atoms with Crippen molar-refractivity contribution in [2.24, 2.45) is 5.73 Å². The van der Waals surface area contributed by atoms with Crippen LogP contribution in [0, 0.1) is 0 Å². The summed E-state index contributed by atoms with van der Waals surface area (Å²) in [5.74, 6) is -2.50. The van der Waals surface area contributed by atoms with Gasteiger partial charge in [-0.15, -0.1) is 0 Å². The molecule has 0 radical (unpaired) electrons. The fourth-order valence-corrected chi connectivity index (χ4v) is 3.07. The monoisotopic (exact) mass is 408 g/mol. The maximum Gasteiger partial charge on any atom is 1.00 e. The first-order valence-electron chi connectivity index (χ1n) is 7.17. The predicted octanol–water partition coefficient (Wildman–Crippen LogP) is -4.10. The van der Waals surface area contributed by atoms with Gasteiger partial charge in [-0.25, -0.2) is 4.79 Å². The molecule has 0 spiro atoms. The molecule has 0 aliphatic rings. The van der Waals surface area contributed by atoms with Crippen LogP contribution in [-0.2, 0) is 28.4 Å². The van der Waals surface area contributed by atoms with Crippen molar-refractivity contribution in [1.29, 1.82) is 0 Å². The van der Waals surface area contributed by atoms with E-state index in [4.69, 9.17) is 20.1 Å². The molecule has 140 valence electrons. The number of carbonyl (C=O) groups is 3. The summed E-state index contributed by atoms with van der Waals surface area (Å²) in [6, 6.07) is -2.24. The Morgan fingerprint density at radius 1 is 1.24 bits per heavy atom. The van der Waals surface area contributed by atoms with Crippen LogP contribution in [0.25, 0.3) is 0 Å². The van der Waals surface area contributed by atoms with Gasteiger partial charge in [-0.3, -0.25) is 14.2 Å². The third-order valence-electron chi connectivity index (χ3n) is 2.58. The van der Waals surface area contributed by atoms with E-state index in [9.17, 15) is 23.8 Å². The first-order chi connectivity index (χ1) is 11.1. The minimum absolute atomic E-state index is 0. The van der Waals surface area contributed by atoms with Crippen molar-refractivity contribution in [1.82, 2.24) is 5.32 Å². The van der Waals surface area contributed by atoms with Gasteiger partial charge in [-0.05, 0) is 20.3 Å². The Morgan fingerprint density at radius 3 is 2.24 bits per heavy atom. The van der Waals surface area contributed by atoms with E-state index < -0.39 is 42.5 Å². The van der Waals surface area contributed by atoms with Crippen LogP contribution >= 0.6 is 18.2 Å². The third kappa shape index (κ3) is 13.7. The smallest absolute Gasteiger partial charge is 0.770 e. The van der Waals surface area contributed by atoms with Gasteiger partial charge in [0.1, 0.15) is 12.1 Å². The summed E-state index contributed by atoms with van der Waals surface area (Å²) in [6.45, 7) is -1.28. The van der Waals surface area contributed by atoms with Gasteiger partial charge in [-0.2, -0.15) is 0 Å². The molecule has 1 amide bonds. The number of hydrogen-bond acceptors (Lipinski definition) is 9. The molecule has 25 heavy (non-hydrogen) atoms. The minimum atomic E-state index is -4.65. The summed E-state index contributed by atoms with van der Waals surface area (Å²) in [6.07, 6.45) is -0.178. The van der Waals surface area contributed by atoms with Crippen LogP contribution in [0.4, 0.5) is 0 Å². The van der Waals surface area contributed by atoms with Crippen molar-refractivity contribution < 1.29 is 67.8 Å². The molecule has 13 heteroatoms. The van der Waals surface area contributed by atoms with Crippen LogP contribution in [0.2, 0.25) is 0 Å². The summed E-state index contributed by atoms with van der Waals surface area (Å²) >= 11 is 0.115. The molecule has 0 fully saturated rings. The zero-order valence-electron chi connectivity index (χ0n) is 14.4. The van der Waals surface area contributed by atoms with Gasteiger partial charge in [0.15, 0.2) is 6.80 Å². The molecule has 4 N–H and O–H groups in total. The van der Waals surface area contributed by atoms with Crippen LogP contribution < -0.4 is 45.5 Å². The number of carbonyl (C=O) groups excluding carboxylic acids is 3. The maximum absolute atomic E-state index is 11.8. The van der Waals surface area contributed by atoms with Crippen LogP contribution in [0.5, 0.6) is 0 Å². The molecule has 0 rings (SSSR count). The van der Waals surface area contributed by atoms with Crippen molar-refractivity contribution in [3.63, 3.8) is 0 Å². The van der Waals surface area contributed by atoms with Crippen LogP contribution in [-0.4, -0.2) is 53.8 Å². The summed E-state index contributed by atoms with van der Waals surface area (Å²) < 4.78 is 20.2. The van der Waals surface area contributed by atoms with E-state index in [1.165, 1.54) is 0 Å². The molecule has 10 nitrogen and oxygen atoms in total. The Balaban J connectivity index is 0. The molecule has 0 saturated carbocycles. The number of amides is 1. The van der Waals surface area contributed by atoms with Gasteiger partial charge in [0.05, 0.1) is 13.2 Å². The molecule has 0 aliphatic carbocycles. The van der Waals surface area contributed by atoms with Gasteiger partial charge in [0.25, 0.3) is 0 Å². The van der Waals surface area contributed by atoms with E-state index in [-0.39, 0.29) is 67.0 Å². The molecule has 3 atom stereocenters. The van der Waals surface area contributed by atoms with Crippen molar-refractivity contribution in [2.75, 3.05) is 19.0 Å². The number of nitrogens with one attached hydrogen (secondary N) is 1. The van der Waals surface area contributed by atoms with Gasteiger partial charge >= 0.3 is 41.5 Å². The number of hydrogen-bond donors (Lipinski definition) is 3. The van der Waals surface area contributed by atoms with Crippen molar-refractivity contribution in [2.45, 2.75) is 38.8 Å². The summed E-state index contributed by atoms with van der Waals surface area (Å²) in [5, 5.41) is 2.29. The average Bonchev–Trinajstić information content (AvgIpc) is 2.48. The topological polar surface area (TPSA) is 168 Å². The molecule has 0 aromatic carbocycles. The average molecular weight is 408 g/mol. The molecule has 0 aliphatic heterocycles. The van der Waals surface area contributed by atoms with Gasteiger partial charge in [0.2, 0.25) is 5.91 Å². The summed E-state index contributed by atoms with van der Waals surface area (Å²) in [5.41, 5.74) is 5.54. The molecular weight excluding hydrogens is 386 g/mol. The minimum Gasteiger partial charge on any atom is -0.770 e. The molecule has 0 bridgehead atoms. The second-order valence-electron chi connectivity index (χ2n) is 4.53. The first kappa shape index (κ1) is 27.1. The summed E-state index contributed by atoms with van der Waals surface area (Å²) in [7, 11) is 0. The third-order valence-corrected chi connectivity index (χ3v) is 4.82. The van der Waals surface area contributed by atoms with E-state index >= 15 is 0 Å². The van der Waals surface area contributed by atoms with E-state index in [0.29, 0.717) is 0 Å². The largest absolute Gasteiger partial charge is 1.00 e. The van der Waals surface area contributed by atoms with Crippen molar-refractivity contribution in [3.05, 3.63) is 0 Å². The molecule has 0 aromatic heterocycles. The molecule has 0 saturated heterocycles. The number of nitrogens with two attached hydrogens (primary N) is 1. The molecule has 3 unspecified atom stereocenters. The number of rotatable bonds is 11. The van der Waals surface area contributed by atoms with Gasteiger partial charge < -0.3 is 30.3 Å². The van der Waals surface area contributed by atoms with Crippen molar-refractivity contribution in [3.8, 4) is 0 Å². The van der Waals surface area contributed by atoms with Gasteiger partial charge in [0, 0.05) is 12.2 Å². The molecule has 0 aromatic rings. The second kappa shape index (κ2) is 14.0. The standard InChI is InChI=1S/C12H23N2O8PS.Na/c1-3-21-11(16)8(13)5-6-10(15)14-9(12(17)22-4-2)7-24-23(18,19)20;/h8-9H,3-7,13H2,1-2H3,(H,14,15)(H2,18,19,20);/q;+1/p-1. The Hall–Kier alpha value is -0.130. The Labute approximate surface area is 172 Å². The Bertz CT molecular complexity index is 490. The fraction of sp³-hybridized carbons (Fsp3) is 0.750. The predicted molar refractivity (Wildman–Crippen MR) is 84.7 cm³/mol. The van der Waals surface area contributed by atoms with Crippen LogP contribution in [0.3, 0.4) is 0 Å². The van der Waals surface area contributed by atoms with Crippen LogP contribution in [0.15, 0.2) is 0 Å². The van der Waals surface area contributed by atoms with E-state index in [2.05, 4.69) is 5.32 Å². The quantitative estimate of drug-likeness (QED) is 0.174. The van der Waals surface area contributed by atoms with Crippen molar-refractivity contribution >= 4 is 36.0 Å². The second-order valence-corrected chi connectivity index (χ2v) is 8.22. The molecule has 0 heterocycles. The number of esters is 2. The SMILES string of the molecule is CCOC(=O)C(N)CCC(=O)NC(CSP(=O)([O-])O)C(=O)OCC.[Na+]. The maximum atomic E-state index is 11.8. The van der Waals surface area contributed by atoms with Crippen LogP contribution in [0.1, 0.15) is 26.7 Å². The normalized spacial score (nSPS) is 15.1. The number of ether oxygens (including phenoxy) is 2. The van der Waals surface area contributed by atoms with E-state index in [1.807, 2.05) is 0 Å². The Morgan fingerprint density at radius 2 is 1.76 bits per heavy atom. The molecular formula is C12H22N2NaO8PS. The van der Waals surface area contributed by atoms with E-state index in [1.54, 1.807) is 13.8 Å².